The topological polar surface area (TPSA) is 97.7 Å². The molecule has 0 saturated carbocycles. The Morgan fingerprint density at radius 3 is 2.70 bits per heavy atom. The van der Waals surface area contributed by atoms with Gasteiger partial charge in [0, 0.05) is 28.7 Å². The van der Waals surface area contributed by atoms with Crippen molar-refractivity contribution in [3.05, 3.63) is 84.7 Å². The number of nitrogens with zero attached hydrogens (tertiary/aromatic N) is 4. The number of tetrazole rings is 1. The minimum absolute atomic E-state index is 0.0603. The Morgan fingerprint density at radius 2 is 1.91 bits per heavy atom. The summed E-state index contributed by atoms with van der Waals surface area (Å²) in [7, 11) is 1.65. The summed E-state index contributed by atoms with van der Waals surface area (Å²) in [5, 5.41) is 15.3. The lowest BCUT2D eigenvalue weighted by Gasteiger charge is -2.09. The second-order valence-corrected chi connectivity index (χ2v) is 7.61. The van der Waals surface area contributed by atoms with Gasteiger partial charge in [-0.05, 0) is 76.5 Å². The number of nitrogens with one attached hydrogen (secondary N) is 2. The highest BCUT2D eigenvalue weighted by atomic mass is 16.5. The average molecular weight is 438 g/mol. The van der Waals surface area contributed by atoms with E-state index in [1.807, 2.05) is 60.7 Å². The number of ether oxygens (including phenoxy) is 1. The molecule has 0 aliphatic heterocycles. The molecular weight excluding hydrogens is 416 g/mol. The third-order valence-electron chi connectivity index (χ3n) is 5.54. The number of aromatic nitrogens is 5. The smallest absolute Gasteiger partial charge is 0.224 e. The molecule has 3 aromatic carbocycles. The van der Waals surface area contributed by atoms with Gasteiger partial charge in [0.25, 0.3) is 0 Å². The van der Waals surface area contributed by atoms with Gasteiger partial charge in [-0.3, -0.25) is 4.79 Å². The summed E-state index contributed by atoms with van der Waals surface area (Å²) < 4.78 is 6.83. The first-order valence-electron chi connectivity index (χ1n) is 10.6. The molecule has 2 aromatic heterocycles. The first kappa shape index (κ1) is 20.4. The van der Waals surface area contributed by atoms with Crippen LogP contribution in [0.15, 0.2) is 79.1 Å². The van der Waals surface area contributed by atoms with E-state index >= 15 is 0 Å². The number of methoxy groups -OCH3 is 1. The van der Waals surface area contributed by atoms with Gasteiger partial charge in [0.05, 0.1) is 12.8 Å². The number of carbonyl (C=O) groups excluding carboxylic acids is 1. The molecule has 5 aromatic rings. The molecule has 0 radical (unpaired) electrons. The van der Waals surface area contributed by atoms with Crippen molar-refractivity contribution in [1.82, 2.24) is 25.2 Å². The SMILES string of the molecule is COc1ccc(-c2[nH]c3ccccc3c2CCC(=O)Nc2cccc(-n3cnnn3)c2)cc1. The van der Waals surface area contributed by atoms with Gasteiger partial charge < -0.3 is 15.0 Å². The Hall–Kier alpha value is -4.46. The zero-order chi connectivity index (χ0) is 22.6. The van der Waals surface area contributed by atoms with Crippen LogP contribution in [0.3, 0.4) is 0 Å². The molecule has 0 bridgehead atoms. The van der Waals surface area contributed by atoms with Crippen molar-refractivity contribution < 1.29 is 9.53 Å². The Labute approximate surface area is 190 Å². The van der Waals surface area contributed by atoms with Gasteiger partial charge >= 0.3 is 0 Å². The molecular formula is C25H22N6O2. The van der Waals surface area contributed by atoms with Crippen molar-refractivity contribution in [1.29, 1.82) is 0 Å². The number of amides is 1. The normalized spacial score (nSPS) is 10.9. The predicted octanol–water partition coefficient (Wildman–Crippen LogP) is 4.39. The summed E-state index contributed by atoms with van der Waals surface area (Å²) in [4.78, 5) is 16.3. The van der Waals surface area contributed by atoms with E-state index in [4.69, 9.17) is 4.74 Å². The predicted molar refractivity (Wildman–Crippen MR) is 126 cm³/mol. The van der Waals surface area contributed by atoms with Crippen LogP contribution in [-0.4, -0.2) is 38.2 Å². The fourth-order valence-electron chi connectivity index (χ4n) is 3.93. The Morgan fingerprint density at radius 1 is 1.06 bits per heavy atom. The highest BCUT2D eigenvalue weighted by Crippen LogP contribution is 2.32. The fourth-order valence-corrected chi connectivity index (χ4v) is 3.93. The number of anilines is 1. The molecule has 0 unspecified atom stereocenters. The maximum atomic E-state index is 12.8. The summed E-state index contributed by atoms with van der Waals surface area (Å²) in [6, 6.07) is 23.5. The van der Waals surface area contributed by atoms with Crippen molar-refractivity contribution in [2.24, 2.45) is 0 Å². The molecule has 2 heterocycles. The molecule has 0 saturated heterocycles. The first-order valence-corrected chi connectivity index (χ1v) is 10.6. The molecule has 8 heteroatoms. The van der Waals surface area contributed by atoms with E-state index in [2.05, 4.69) is 38.0 Å². The zero-order valence-corrected chi connectivity index (χ0v) is 18.0. The Bertz CT molecular complexity index is 1390. The molecule has 5 rings (SSSR count). The number of benzene rings is 3. The van der Waals surface area contributed by atoms with Crippen LogP contribution in [0, 0.1) is 0 Å². The number of hydrogen-bond acceptors (Lipinski definition) is 5. The van der Waals surface area contributed by atoms with Crippen molar-refractivity contribution in [2.75, 3.05) is 12.4 Å². The van der Waals surface area contributed by atoms with Crippen LogP contribution in [0.5, 0.6) is 5.75 Å². The number of H-pyrrole nitrogens is 1. The van der Waals surface area contributed by atoms with Gasteiger partial charge in [-0.15, -0.1) is 5.10 Å². The first-order chi connectivity index (χ1) is 16.2. The number of fused-ring (bicyclic) bond motifs is 1. The number of para-hydroxylation sites is 1. The lowest BCUT2D eigenvalue weighted by atomic mass is 10.0. The monoisotopic (exact) mass is 438 g/mol. The van der Waals surface area contributed by atoms with Gasteiger partial charge in [0.1, 0.15) is 12.1 Å². The molecule has 8 nitrogen and oxygen atoms in total. The minimum Gasteiger partial charge on any atom is -0.497 e. The van der Waals surface area contributed by atoms with E-state index in [1.54, 1.807) is 11.8 Å². The standard InChI is InChI=1S/C25H22N6O2/c1-33-20-11-9-17(10-12-20)25-22(21-7-2-3-8-23(21)28-25)13-14-24(32)27-18-5-4-6-19(15-18)31-16-26-29-30-31/h2-12,15-16,28H,13-14H2,1H3,(H,27,32). The van der Waals surface area contributed by atoms with Crippen LogP contribution in [0.2, 0.25) is 0 Å². The second kappa shape index (κ2) is 8.96. The number of carbonyl (C=O) groups is 1. The van der Waals surface area contributed by atoms with Crippen LogP contribution in [0.25, 0.3) is 27.8 Å². The summed E-state index contributed by atoms with van der Waals surface area (Å²) >= 11 is 0. The summed E-state index contributed by atoms with van der Waals surface area (Å²) in [6.07, 6.45) is 2.46. The van der Waals surface area contributed by atoms with Gasteiger partial charge in [-0.1, -0.05) is 24.3 Å². The van der Waals surface area contributed by atoms with Crippen molar-refractivity contribution in [2.45, 2.75) is 12.8 Å². The van der Waals surface area contributed by atoms with Crippen LogP contribution in [0.4, 0.5) is 5.69 Å². The maximum absolute atomic E-state index is 12.8. The van der Waals surface area contributed by atoms with Crippen molar-refractivity contribution in [3.8, 4) is 22.7 Å². The average Bonchev–Trinajstić information content (AvgIpc) is 3.51. The molecule has 0 atom stereocenters. The van der Waals surface area contributed by atoms with Gasteiger partial charge in [-0.25, -0.2) is 4.68 Å². The third-order valence-corrected chi connectivity index (χ3v) is 5.54. The number of rotatable bonds is 7. The number of hydrogen-bond donors (Lipinski definition) is 2. The zero-order valence-electron chi connectivity index (χ0n) is 18.0. The third kappa shape index (κ3) is 4.31. The van der Waals surface area contributed by atoms with E-state index in [0.29, 0.717) is 18.5 Å². The van der Waals surface area contributed by atoms with E-state index < -0.39 is 0 Å². The molecule has 164 valence electrons. The van der Waals surface area contributed by atoms with Crippen LogP contribution in [-0.2, 0) is 11.2 Å². The number of aryl methyl sites for hydroxylation is 1. The Balaban J connectivity index is 1.36. The quantitative estimate of drug-likeness (QED) is 0.393. The molecule has 1 amide bonds. The molecule has 0 spiro atoms. The van der Waals surface area contributed by atoms with Gasteiger partial charge in [0.15, 0.2) is 0 Å². The van der Waals surface area contributed by atoms with E-state index in [1.165, 1.54) is 6.33 Å². The molecule has 0 aliphatic carbocycles. The molecule has 0 aliphatic rings. The Kier molecular flexibility index (Phi) is 5.55. The van der Waals surface area contributed by atoms with Crippen molar-refractivity contribution >= 4 is 22.5 Å². The number of aromatic amines is 1. The van der Waals surface area contributed by atoms with Crippen LogP contribution >= 0.6 is 0 Å². The highest BCUT2D eigenvalue weighted by Gasteiger charge is 2.15. The van der Waals surface area contributed by atoms with E-state index in [9.17, 15) is 4.79 Å². The maximum Gasteiger partial charge on any atom is 0.224 e. The van der Waals surface area contributed by atoms with Gasteiger partial charge in [0.2, 0.25) is 5.91 Å². The van der Waals surface area contributed by atoms with E-state index in [0.717, 1.165) is 39.2 Å². The van der Waals surface area contributed by atoms with E-state index in [-0.39, 0.29) is 5.91 Å². The summed E-state index contributed by atoms with van der Waals surface area (Å²) in [5.74, 6) is 0.745. The summed E-state index contributed by atoms with van der Waals surface area (Å²) in [5.41, 5.74) is 5.71. The lowest BCUT2D eigenvalue weighted by molar-refractivity contribution is -0.116. The highest BCUT2D eigenvalue weighted by molar-refractivity contribution is 5.94. The second-order valence-electron chi connectivity index (χ2n) is 7.61. The largest absolute Gasteiger partial charge is 0.497 e. The van der Waals surface area contributed by atoms with Crippen molar-refractivity contribution in [3.63, 3.8) is 0 Å². The van der Waals surface area contributed by atoms with Crippen LogP contribution in [0.1, 0.15) is 12.0 Å². The molecule has 2 N–H and O–H groups in total. The molecule has 33 heavy (non-hydrogen) atoms. The van der Waals surface area contributed by atoms with Gasteiger partial charge in [-0.2, -0.15) is 0 Å². The summed E-state index contributed by atoms with van der Waals surface area (Å²) in [6.45, 7) is 0. The fraction of sp³-hybridized carbons (Fsp3) is 0.120. The minimum atomic E-state index is -0.0603. The molecule has 0 fully saturated rings. The van der Waals surface area contributed by atoms with Crippen LogP contribution < -0.4 is 10.1 Å². The lowest BCUT2D eigenvalue weighted by Crippen LogP contribution is -2.12.